The number of carbonyl (C=O) groups is 1. The van der Waals surface area contributed by atoms with E-state index in [2.05, 4.69) is 31.0 Å². The zero-order valence-corrected chi connectivity index (χ0v) is 19.9. The number of allylic oxidation sites excluding steroid dienone is 1. The molecule has 4 aliphatic heterocycles. The maximum Gasteiger partial charge on any atom is 0.223 e. The van der Waals surface area contributed by atoms with Crippen LogP contribution in [0.15, 0.2) is 11.1 Å². The molecule has 1 spiro atoms. The fourth-order valence-electron chi connectivity index (χ4n) is 7.55. The number of hydrogen-bond acceptors (Lipinski definition) is 4. The van der Waals surface area contributed by atoms with Crippen molar-refractivity contribution in [3.05, 3.63) is 11.1 Å². The van der Waals surface area contributed by atoms with Gasteiger partial charge in [-0.25, -0.2) is 0 Å². The highest BCUT2D eigenvalue weighted by Crippen LogP contribution is 2.55. The quantitative estimate of drug-likeness (QED) is 0.649. The van der Waals surface area contributed by atoms with Crippen molar-refractivity contribution in [1.29, 1.82) is 0 Å². The van der Waals surface area contributed by atoms with Crippen LogP contribution >= 0.6 is 0 Å². The van der Waals surface area contributed by atoms with Gasteiger partial charge in [0.05, 0.1) is 11.7 Å². The predicted octanol–water partition coefficient (Wildman–Crippen LogP) is 3.93. The Kier molecular flexibility index (Phi) is 5.98. The maximum atomic E-state index is 12.7. The average Bonchev–Trinajstić information content (AvgIpc) is 3.40. The Morgan fingerprint density at radius 3 is 2.77 bits per heavy atom. The van der Waals surface area contributed by atoms with Gasteiger partial charge in [-0.2, -0.15) is 0 Å². The van der Waals surface area contributed by atoms with E-state index >= 15 is 0 Å². The SMILES string of the molecule is CC1=C(CCN2C[C@@H]3[C@H](CNC(=O)C4CCOCC4)[C@H]4CC[C@]3(C2)O4)C(C)(C)CCC1. The lowest BCUT2D eigenvalue weighted by molar-refractivity contribution is -0.128. The number of ether oxygens (including phenoxy) is 2. The average molecular weight is 431 g/mol. The second-order valence-corrected chi connectivity index (χ2v) is 11.6. The molecule has 5 rings (SSSR count). The molecule has 0 saturated carbocycles. The summed E-state index contributed by atoms with van der Waals surface area (Å²) in [6, 6.07) is 0. The normalized spacial score (nSPS) is 38.0. The Labute approximate surface area is 188 Å². The van der Waals surface area contributed by atoms with Crippen LogP contribution in [0.2, 0.25) is 0 Å². The van der Waals surface area contributed by atoms with Gasteiger partial charge in [-0.15, -0.1) is 0 Å². The van der Waals surface area contributed by atoms with Gasteiger partial charge in [-0.3, -0.25) is 9.69 Å². The van der Waals surface area contributed by atoms with Gasteiger partial charge in [0.2, 0.25) is 5.91 Å². The molecule has 0 aromatic rings. The molecule has 0 unspecified atom stereocenters. The van der Waals surface area contributed by atoms with E-state index in [-0.39, 0.29) is 17.4 Å². The molecule has 2 bridgehead atoms. The van der Waals surface area contributed by atoms with Crippen LogP contribution < -0.4 is 5.32 Å². The number of nitrogens with zero attached hydrogens (tertiary/aromatic N) is 1. The highest BCUT2D eigenvalue weighted by atomic mass is 16.5. The van der Waals surface area contributed by atoms with Crippen molar-refractivity contribution < 1.29 is 14.3 Å². The molecule has 1 N–H and O–H groups in total. The highest BCUT2D eigenvalue weighted by Gasteiger charge is 2.62. The van der Waals surface area contributed by atoms with Crippen molar-refractivity contribution >= 4 is 5.91 Å². The monoisotopic (exact) mass is 430 g/mol. The summed E-state index contributed by atoms with van der Waals surface area (Å²) in [5.41, 5.74) is 3.77. The smallest absolute Gasteiger partial charge is 0.223 e. The van der Waals surface area contributed by atoms with E-state index in [0.717, 1.165) is 52.2 Å². The summed E-state index contributed by atoms with van der Waals surface area (Å²) >= 11 is 0. The van der Waals surface area contributed by atoms with E-state index in [1.54, 1.807) is 11.1 Å². The zero-order valence-electron chi connectivity index (χ0n) is 19.9. The molecule has 5 heteroatoms. The molecule has 4 atom stereocenters. The standard InChI is InChI=1S/C26H42N2O3/c1-18-5-4-10-25(2,3)21(18)7-12-28-16-22-20(23-6-11-26(22,17-28)31-23)15-27-24(29)19-8-13-30-14-9-19/h19-20,22-23H,4-17H2,1-3H3,(H,27,29)/t20-,22+,23+,26+/m0/s1. The Morgan fingerprint density at radius 2 is 2.00 bits per heavy atom. The molecule has 4 saturated heterocycles. The number of rotatable bonds is 6. The second-order valence-electron chi connectivity index (χ2n) is 11.6. The molecule has 0 aromatic heterocycles. The minimum absolute atomic E-state index is 0.0598. The summed E-state index contributed by atoms with van der Waals surface area (Å²) in [4.78, 5) is 15.3. The second kappa shape index (κ2) is 8.46. The third kappa shape index (κ3) is 4.11. The van der Waals surface area contributed by atoms with Crippen molar-refractivity contribution in [3.8, 4) is 0 Å². The molecular weight excluding hydrogens is 388 g/mol. The summed E-state index contributed by atoms with van der Waals surface area (Å²) in [7, 11) is 0. The number of likely N-dealkylation sites (tertiary alicyclic amines) is 1. The molecule has 5 nitrogen and oxygen atoms in total. The third-order valence-electron chi connectivity index (χ3n) is 9.32. The van der Waals surface area contributed by atoms with Crippen LogP contribution in [-0.4, -0.2) is 61.9 Å². The number of fused-ring (bicyclic) bond motifs is 1. The van der Waals surface area contributed by atoms with E-state index < -0.39 is 0 Å². The van der Waals surface area contributed by atoms with Gasteiger partial charge < -0.3 is 14.8 Å². The minimum Gasteiger partial charge on any atom is -0.381 e. The molecule has 4 heterocycles. The van der Waals surface area contributed by atoms with E-state index in [0.29, 0.717) is 23.4 Å². The van der Waals surface area contributed by atoms with E-state index in [1.165, 1.54) is 38.5 Å². The third-order valence-corrected chi connectivity index (χ3v) is 9.32. The van der Waals surface area contributed by atoms with Crippen LogP contribution in [-0.2, 0) is 14.3 Å². The Bertz CT molecular complexity index is 726. The predicted molar refractivity (Wildman–Crippen MR) is 122 cm³/mol. The van der Waals surface area contributed by atoms with Crippen LogP contribution in [0.4, 0.5) is 0 Å². The Hall–Kier alpha value is -0.910. The number of hydrogen-bond donors (Lipinski definition) is 1. The Balaban J connectivity index is 1.18. The molecule has 4 fully saturated rings. The van der Waals surface area contributed by atoms with Crippen molar-refractivity contribution in [1.82, 2.24) is 10.2 Å². The van der Waals surface area contributed by atoms with Crippen LogP contribution in [0.5, 0.6) is 0 Å². The number of amides is 1. The van der Waals surface area contributed by atoms with E-state index in [4.69, 9.17) is 9.47 Å². The molecule has 5 aliphatic rings. The lowest BCUT2D eigenvalue weighted by Crippen LogP contribution is -2.43. The number of nitrogens with one attached hydrogen (secondary N) is 1. The zero-order chi connectivity index (χ0) is 21.6. The summed E-state index contributed by atoms with van der Waals surface area (Å²) in [5, 5.41) is 3.30. The molecule has 174 valence electrons. The van der Waals surface area contributed by atoms with Gasteiger partial charge in [0.15, 0.2) is 0 Å². The lowest BCUT2D eigenvalue weighted by Gasteiger charge is -2.35. The van der Waals surface area contributed by atoms with Crippen LogP contribution in [0.1, 0.15) is 72.1 Å². The maximum absolute atomic E-state index is 12.7. The summed E-state index contributed by atoms with van der Waals surface area (Å²) in [6.45, 7) is 12.8. The molecule has 31 heavy (non-hydrogen) atoms. The molecule has 0 radical (unpaired) electrons. The van der Waals surface area contributed by atoms with Gasteiger partial charge >= 0.3 is 0 Å². The van der Waals surface area contributed by atoms with E-state index in [9.17, 15) is 4.79 Å². The van der Waals surface area contributed by atoms with Crippen LogP contribution in [0.25, 0.3) is 0 Å². The summed E-state index contributed by atoms with van der Waals surface area (Å²) in [5.74, 6) is 1.43. The van der Waals surface area contributed by atoms with Crippen molar-refractivity contribution in [2.75, 3.05) is 39.4 Å². The van der Waals surface area contributed by atoms with Gasteiger partial charge in [-0.05, 0) is 63.7 Å². The fraction of sp³-hybridized carbons (Fsp3) is 0.885. The first-order chi connectivity index (χ1) is 14.9. The van der Waals surface area contributed by atoms with Crippen molar-refractivity contribution in [2.24, 2.45) is 23.2 Å². The van der Waals surface area contributed by atoms with E-state index in [1.807, 2.05) is 0 Å². The van der Waals surface area contributed by atoms with Crippen LogP contribution in [0.3, 0.4) is 0 Å². The fourth-order valence-corrected chi connectivity index (χ4v) is 7.55. The Morgan fingerprint density at radius 1 is 1.19 bits per heavy atom. The van der Waals surface area contributed by atoms with Gasteiger partial charge in [-0.1, -0.05) is 25.0 Å². The lowest BCUT2D eigenvalue weighted by atomic mass is 9.71. The summed E-state index contributed by atoms with van der Waals surface area (Å²) < 4.78 is 12.0. The first-order valence-electron chi connectivity index (χ1n) is 12.8. The molecule has 0 aromatic carbocycles. The first-order valence-corrected chi connectivity index (χ1v) is 12.8. The van der Waals surface area contributed by atoms with Crippen molar-refractivity contribution in [3.63, 3.8) is 0 Å². The van der Waals surface area contributed by atoms with Crippen LogP contribution in [0, 0.1) is 23.2 Å². The topological polar surface area (TPSA) is 50.8 Å². The van der Waals surface area contributed by atoms with Gasteiger partial charge in [0, 0.05) is 57.1 Å². The number of carbonyl (C=O) groups excluding carboxylic acids is 1. The summed E-state index contributed by atoms with van der Waals surface area (Å²) in [6.07, 6.45) is 9.60. The van der Waals surface area contributed by atoms with Gasteiger partial charge in [0.25, 0.3) is 0 Å². The molecule has 1 aliphatic carbocycles. The highest BCUT2D eigenvalue weighted by molar-refractivity contribution is 5.78. The minimum atomic E-state index is 0.0598. The van der Waals surface area contributed by atoms with Gasteiger partial charge in [0.1, 0.15) is 0 Å². The molecule has 1 amide bonds. The largest absolute Gasteiger partial charge is 0.381 e. The first kappa shape index (κ1) is 21.9. The van der Waals surface area contributed by atoms with Crippen molar-refractivity contribution in [2.45, 2.75) is 83.8 Å². The molecular formula is C26H42N2O3.